The van der Waals surface area contributed by atoms with Crippen molar-refractivity contribution in [3.8, 4) is 0 Å². The molecule has 0 aromatic rings. The third-order valence-corrected chi connectivity index (χ3v) is 1.86. The van der Waals surface area contributed by atoms with E-state index in [2.05, 4.69) is 12.2 Å². The van der Waals surface area contributed by atoms with Gasteiger partial charge in [0.05, 0.1) is 6.61 Å². The maximum absolute atomic E-state index is 10.5. The van der Waals surface area contributed by atoms with Crippen LogP contribution in [0.3, 0.4) is 0 Å². The Bertz CT molecular complexity index is 144. The van der Waals surface area contributed by atoms with Crippen LogP contribution in [0.1, 0.15) is 26.7 Å². The summed E-state index contributed by atoms with van der Waals surface area (Å²) in [5.74, 6) is -0.822. The van der Waals surface area contributed by atoms with Gasteiger partial charge in [-0.2, -0.15) is 0 Å². The van der Waals surface area contributed by atoms with Crippen molar-refractivity contribution in [2.24, 2.45) is 0 Å². The summed E-state index contributed by atoms with van der Waals surface area (Å²) in [6, 6.07) is -0.368. The second-order valence-corrected chi connectivity index (χ2v) is 3.17. The highest BCUT2D eigenvalue weighted by Crippen LogP contribution is 1.98. The van der Waals surface area contributed by atoms with Crippen LogP contribution in [0.15, 0.2) is 0 Å². The molecule has 0 aliphatic rings. The van der Waals surface area contributed by atoms with Gasteiger partial charge in [0.25, 0.3) is 0 Å². The Morgan fingerprint density at radius 2 is 2.23 bits per heavy atom. The molecular weight excluding hydrogens is 170 g/mol. The maximum atomic E-state index is 10.5. The molecule has 2 atom stereocenters. The third kappa shape index (κ3) is 5.60. The molecule has 0 bridgehead atoms. The predicted molar refractivity (Wildman–Crippen MR) is 50.8 cm³/mol. The Labute approximate surface area is 79.3 Å². The number of nitrogens with one attached hydrogen (secondary N) is 1. The van der Waals surface area contributed by atoms with Crippen LogP contribution in [-0.4, -0.2) is 36.9 Å². The van der Waals surface area contributed by atoms with Crippen molar-refractivity contribution in [1.29, 1.82) is 0 Å². The topological polar surface area (TPSA) is 58.6 Å². The van der Waals surface area contributed by atoms with Gasteiger partial charge in [-0.1, -0.05) is 13.3 Å². The number of hydrogen-bond acceptors (Lipinski definition) is 3. The summed E-state index contributed by atoms with van der Waals surface area (Å²) in [6.07, 6.45) is 1.96. The van der Waals surface area contributed by atoms with Gasteiger partial charge in [0.1, 0.15) is 6.04 Å². The normalized spacial score (nSPS) is 15.3. The molecule has 2 N–H and O–H groups in total. The highest BCUT2D eigenvalue weighted by atomic mass is 16.5. The van der Waals surface area contributed by atoms with E-state index in [1.807, 2.05) is 0 Å². The first-order valence-electron chi connectivity index (χ1n) is 4.59. The minimum atomic E-state index is -0.822. The first kappa shape index (κ1) is 12.4. The van der Waals surface area contributed by atoms with E-state index in [-0.39, 0.29) is 6.04 Å². The lowest BCUT2D eigenvalue weighted by molar-refractivity contribution is -0.139. The van der Waals surface area contributed by atoms with Gasteiger partial charge in [-0.25, -0.2) is 0 Å². The number of carboxylic acids is 1. The minimum absolute atomic E-state index is 0.140. The molecule has 78 valence electrons. The lowest BCUT2D eigenvalue weighted by Crippen LogP contribution is -2.43. The molecular formula is C9H19NO3. The summed E-state index contributed by atoms with van der Waals surface area (Å²) >= 11 is 0. The zero-order chi connectivity index (χ0) is 10.3. The Morgan fingerprint density at radius 1 is 1.62 bits per heavy atom. The van der Waals surface area contributed by atoms with Crippen LogP contribution in [0.25, 0.3) is 0 Å². The van der Waals surface area contributed by atoms with Crippen LogP contribution >= 0.6 is 0 Å². The largest absolute Gasteiger partial charge is 0.480 e. The van der Waals surface area contributed by atoms with Gasteiger partial charge in [-0.15, -0.1) is 0 Å². The fraction of sp³-hybridized carbons (Fsp3) is 0.889. The van der Waals surface area contributed by atoms with Gasteiger partial charge >= 0.3 is 5.97 Å². The number of rotatable bonds is 7. The van der Waals surface area contributed by atoms with Crippen molar-refractivity contribution in [2.45, 2.75) is 38.8 Å². The van der Waals surface area contributed by atoms with E-state index in [9.17, 15) is 4.79 Å². The van der Waals surface area contributed by atoms with Gasteiger partial charge < -0.3 is 9.84 Å². The molecule has 0 aromatic heterocycles. The second kappa shape index (κ2) is 6.86. The minimum Gasteiger partial charge on any atom is -0.480 e. The average molecular weight is 189 g/mol. The average Bonchev–Trinajstić information content (AvgIpc) is 2.05. The van der Waals surface area contributed by atoms with Crippen molar-refractivity contribution in [2.75, 3.05) is 13.7 Å². The molecule has 2 unspecified atom stereocenters. The van der Waals surface area contributed by atoms with Crippen molar-refractivity contribution in [3.63, 3.8) is 0 Å². The van der Waals surface area contributed by atoms with Gasteiger partial charge in [-0.3, -0.25) is 10.1 Å². The smallest absolute Gasteiger partial charge is 0.320 e. The lowest BCUT2D eigenvalue weighted by atomic mass is 10.1. The zero-order valence-corrected chi connectivity index (χ0v) is 8.54. The first-order chi connectivity index (χ1) is 6.11. The fourth-order valence-electron chi connectivity index (χ4n) is 1.19. The van der Waals surface area contributed by atoms with Crippen LogP contribution < -0.4 is 5.32 Å². The number of ether oxygens (including phenoxy) is 1. The standard InChI is InChI=1S/C9H19NO3/c1-4-5-8(6-13-3)10-7(2)9(11)12/h7-8,10H,4-6H2,1-3H3,(H,11,12). The van der Waals surface area contributed by atoms with Gasteiger partial charge in [-0.05, 0) is 13.3 Å². The van der Waals surface area contributed by atoms with E-state index in [0.29, 0.717) is 6.61 Å². The molecule has 4 nitrogen and oxygen atoms in total. The highest BCUT2D eigenvalue weighted by Gasteiger charge is 2.15. The van der Waals surface area contributed by atoms with E-state index in [4.69, 9.17) is 9.84 Å². The lowest BCUT2D eigenvalue weighted by Gasteiger charge is -2.19. The summed E-state index contributed by atoms with van der Waals surface area (Å²) < 4.78 is 4.98. The molecule has 0 saturated heterocycles. The maximum Gasteiger partial charge on any atom is 0.320 e. The highest BCUT2D eigenvalue weighted by molar-refractivity contribution is 5.72. The number of carboxylic acid groups (broad SMARTS) is 1. The molecule has 0 saturated carbocycles. The van der Waals surface area contributed by atoms with Crippen molar-refractivity contribution < 1.29 is 14.6 Å². The van der Waals surface area contributed by atoms with Crippen LogP contribution in [0, 0.1) is 0 Å². The molecule has 0 fully saturated rings. The molecule has 0 radical (unpaired) electrons. The Kier molecular flexibility index (Phi) is 6.54. The molecule has 4 heteroatoms. The van der Waals surface area contributed by atoms with Crippen molar-refractivity contribution in [1.82, 2.24) is 5.32 Å². The quantitative estimate of drug-likeness (QED) is 0.623. The number of methoxy groups -OCH3 is 1. The Morgan fingerprint density at radius 3 is 2.62 bits per heavy atom. The molecule has 0 aromatic carbocycles. The van der Waals surface area contributed by atoms with Gasteiger partial charge in [0.2, 0.25) is 0 Å². The summed E-state index contributed by atoms with van der Waals surface area (Å²) in [5, 5.41) is 11.7. The van der Waals surface area contributed by atoms with Crippen LogP contribution in [0.4, 0.5) is 0 Å². The first-order valence-corrected chi connectivity index (χ1v) is 4.59. The molecule has 0 spiro atoms. The van der Waals surface area contributed by atoms with Crippen molar-refractivity contribution >= 4 is 5.97 Å². The summed E-state index contributed by atoms with van der Waals surface area (Å²) in [7, 11) is 1.62. The number of hydrogen-bond donors (Lipinski definition) is 2. The molecule has 0 aliphatic heterocycles. The summed E-state index contributed by atoms with van der Waals surface area (Å²) in [5.41, 5.74) is 0. The Balaban J connectivity index is 3.85. The van der Waals surface area contributed by atoms with Crippen LogP contribution in [-0.2, 0) is 9.53 Å². The molecule has 0 aliphatic carbocycles. The van der Waals surface area contributed by atoms with E-state index >= 15 is 0 Å². The monoisotopic (exact) mass is 189 g/mol. The molecule has 0 heterocycles. The third-order valence-electron chi connectivity index (χ3n) is 1.86. The van der Waals surface area contributed by atoms with Gasteiger partial charge in [0.15, 0.2) is 0 Å². The summed E-state index contributed by atoms with van der Waals surface area (Å²) in [4.78, 5) is 10.5. The van der Waals surface area contributed by atoms with E-state index in [1.165, 1.54) is 0 Å². The summed E-state index contributed by atoms with van der Waals surface area (Å²) in [6.45, 7) is 4.27. The van der Waals surface area contributed by atoms with Crippen LogP contribution in [0.5, 0.6) is 0 Å². The van der Waals surface area contributed by atoms with Crippen molar-refractivity contribution in [3.05, 3.63) is 0 Å². The van der Waals surface area contributed by atoms with Gasteiger partial charge in [0, 0.05) is 13.2 Å². The molecule has 0 amide bonds. The van der Waals surface area contributed by atoms with E-state index in [0.717, 1.165) is 12.8 Å². The number of aliphatic carboxylic acids is 1. The van der Waals surface area contributed by atoms with E-state index < -0.39 is 12.0 Å². The number of carbonyl (C=O) groups is 1. The molecule has 13 heavy (non-hydrogen) atoms. The SMILES string of the molecule is CCCC(COC)NC(C)C(=O)O. The zero-order valence-electron chi connectivity index (χ0n) is 8.54. The predicted octanol–water partition coefficient (Wildman–Crippen LogP) is 0.864. The fourth-order valence-corrected chi connectivity index (χ4v) is 1.19. The molecule has 0 rings (SSSR count). The van der Waals surface area contributed by atoms with E-state index in [1.54, 1.807) is 14.0 Å². The Hall–Kier alpha value is -0.610. The van der Waals surface area contributed by atoms with Crippen LogP contribution in [0.2, 0.25) is 0 Å². The second-order valence-electron chi connectivity index (χ2n) is 3.17.